The fraction of sp³-hybridized carbons (Fsp3) is 0.533. The quantitative estimate of drug-likeness (QED) is 0.840. The third-order valence-corrected chi connectivity index (χ3v) is 3.85. The second kappa shape index (κ2) is 8.47. The monoisotopic (exact) mass is 334 g/mol. The number of aryl methyl sites for hydroxylation is 1. The first kappa shape index (κ1) is 20.0. The first-order valence-electron chi connectivity index (χ1n) is 6.68. The average molecular weight is 335 g/mol. The zero-order chi connectivity index (χ0) is 15.3. The Labute approximate surface area is 137 Å². The van der Waals surface area contributed by atoms with Crippen LogP contribution in [0.25, 0.3) is 0 Å². The molecule has 6 heteroatoms. The van der Waals surface area contributed by atoms with E-state index in [0.717, 1.165) is 5.56 Å². The van der Waals surface area contributed by atoms with Crippen LogP contribution in [0.1, 0.15) is 26.3 Å². The number of benzene rings is 1. The zero-order valence-corrected chi connectivity index (χ0v) is 14.5. The fourth-order valence-corrected chi connectivity index (χ4v) is 1.93. The molecule has 3 N–H and O–H groups in total. The Kier molecular flexibility index (Phi) is 8.08. The van der Waals surface area contributed by atoms with E-state index in [1.807, 2.05) is 27.7 Å². The Morgan fingerprint density at radius 2 is 2.10 bits per heavy atom. The van der Waals surface area contributed by atoms with Crippen molar-refractivity contribution in [3.05, 3.63) is 28.8 Å². The van der Waals surface area contributed by atoms with E-state index in [4.69, 9.17) is 22.1 Å². The molecule has 1 aromatic rings. The van der Waals surface area contributed by atoms with Crippen molar-refractivity contribution in [2.24, 2.45) is 11.7 Å². The lowest BCUT2D eigenvalue weighted by Crippen LogP contribution is -2.56. The Hall–Kier alpha value is -0.970. The van der Waals surface area contributed by atoms with E-state index in [1.54, 1.807) is 18.2 Å². The Morgan fingerprint density at radius 3 is 2.57 bits per heavy atom. The van der Waals surface area contributed by atoms with E-state index in [2.05, 4.69) is 5.32 Å². The number of carbonyl (C=O) groups is 1. The highest BCUT2D eigenvalue weighted by atomic mass is 35.5. The number of carbonyl (C=O) groups excluding carboxylic acids is 1. The highest BCUT2D eigenvalue weighted by Crippen LogP contribution is 2.21. The molecular weight excluding hydrogens is 311 g/mol. The maximum Gasteiger partial charge on any atom is 0.258 e. The third-order valence-electron chi connectivity index (χ3n) is 3.62. The molecule has 0 aliphatic carbocycles. The summed E-state index contributed by atoms with van der Waals surface area (Å²) in [6, 6.07) is 5.29. The zero-order valence-electron chi connectivity index (χ0n) is 12.9. The SMILES string of the molecule is Cc1cc(Cl)ccc1OCC(=O)NC(C)(CN)C(C)C.Cl. The van der Waals surface area contributed by atoms with Crippen LogP contribution in [-0.4, -0.2) is 24.6 Å². The Balaban J connectivity index is 0.00000400. The molecule has 0 spiro atoms. The summed E-state index contributed by atoms with van der Waals surface area (Å²) in [6.45, 7) is 8.22. The smallest absolute Gasteiger partial charge is 0.258 e. The number of amides is 1. The van der Waals surface area contributed by atoms with Crippen molar-refractivity contribution in [3.63, 3.8) is 0 Å². The molecule has 0 aliphatic heterocycles. The standard InChI is InChI=1S/C15H23ClN2O2.ClH/c1-10(2)15(4,9-17)18-14(19)8-20-13-6-5-12(16)7-11(13)3;/h5-7,10H,8-9,17H2,1-4H3,(H,18,19);1H. The molecule has 4 nitrogen and oxygen atoms in total. The molecule has 0 saturated carbocycles. The number of hydrogen-bond donors (Lipinski definition) is 2. The van der Waals surface area contributed by atoms with Crippen LogP contribution in [0.15, 0.2) is 18.2 Å². The van der Waals surface area contributed by atoms with Crippen molar-refractivity contribution in [2.75, 3.05) is 13.2 Å². The van der Waals surface area contributed by atoms with Crippen LogP contribution in [0.2, 0.25) is 5.02 Å². The van der Waals surface area contributed by atoms with Gasteiger partial charge in [0.1, 0.15) is 5.75 Å². The van der Waals surface area contributed by atoms with E-state index < -0.39 is 5.54 Å². The van der Waals surface area contributed by atoms with Crippen molar-refractivity contribution in [2.45, 2.75) is 33.2 Å². The molecule has 21 heavy (non-hydrogen) atoms. The summed E-state index contributed by atoms with van der Waals surface area (Å²) in [5, 5.41) is 3.58. The lowest BCUT2D eigenvalue weighted by atomic mass is 9.88. The van der Waals surface area contributed by atoms with Gasteiger partial charge in [0.05, 0.1) is 5.54 Å². The Bertz CT molecular complexity index is 481. The molecule has 0 radical (unpaired) electrons. The normalized spacial score (nSPS) is 13.3. The van der Waals surface area contributed by atoms with Crippen molar-refractivity contribution >= 4 is 29.9 Å². The molecule has 0 aliphatic rings. The topological polar surface area (TPSA) is 64.3 Å². The lowest BCUT2D eigenvalue weighted by molar-refractivity contribution is -0.125. The predicted molar refractivity (Wildman–Crippen MR) is 89.4 cm³/mol. The van der Waals surface area contributed by atoms with Gasteiger partial charge in [0.15, 0.2) is 6.61 Å². The summed E-state index contributed by atoms with van der Waals surface area (Å²) >= 11 is 5.87. The van der Waals surface area contributed by atoms with Gasteiger partial charge in [-0.25, -0.2) is 0 Å². The van der Waals surface area contributed by atoms with E-state index in [-0.39, 0.29) is 30.8 Å². The van der Waals surface area contributed by atoms with Crippen LogP contribution in [0, 0.1) is 12.8 Å². The second-order valence-electron chi connectivity index (χ2n) is 5.52. The number of halogens is 2. The summed E-state index contributed by atoms with van der Waals surface area (Å²) < 4.78 is 5.51. The summed E-state index contributed by atoms with van der Waals surface area (Å²) in [7, 11) is 0. The lowest BCUT2D eigenvalue weighted by Gasteiger charge is -2.33. The summed E-state index contributed by atoms with van der Waals surface area (Å²) in [5.74, 6) is 0.721. The van der Waals surface area contributed by atoms with Gasteiger partial charge in [-0.3, -0.25) is 4.79 Å². The van der Waals surface area contributed by atoms with Crippen LogP contribution in [-0.2, 0) is 4.79 Å². The molecule has 1 atom stereocenters. The van der Waals surface area contributed by atoms with Crippen molar-refractivity contribution in [3.8, 4) is 5.75 Å². The minimum absolute atomic E-state index is 0. The maximum absolute atomic E-state index is 12.0. The van der Waals surface area contributed by atoms with E-state index in [9.17, 15) is 4.79 Å². The first-order valence-corrected chi connectivity index (χ1v) is 7.06. The van der Waals surface area contributed by atoms with Gasteiger partial charge in [-0.2, -0.15) is 0 Å². The molecule has 0 fully saturated rings. The van der Waals surface area contributed by atoms with Gasteiger partial charge >= 0.3 is 0 Å². The highest BCUT2D eigenvalue weighted by molar-refractivity contribution is 6.30. The van der Waals surface area contributed by atoms with Gasteiger partial charge in [0.25, 0.3) is 5.91 Å². The van der Waals surface area contributed by atoms with E-state index in [0.29, 0.717) is 17.3 Å². The van der Waals surface area contributed by atoms with Crippen molar-refractivity contribution < 1.29 is 9.53 Å². The highest BCUT2D eigenvalue weighted by Gasteiger charge is 2.28. The molecular formula is C15H24Cl2N2O2. The minimum Gasteiger partial charge on any atom is -0.484 e. The molecule has 0 saturated heterocycles. The molecule has 120 valence electrons. The Morgan fingerprint density at radius 1 is 1.48 bits per heavy atom. The third kappa shape index (κ3) is 5.73. The van der Waals surface area contributed by atoms with E-state index in [1.165, 1.54) is 0 Å². The van der Waals surface area contributed by atoms with Crippen LogP contribution in [0.5, 0.6) is 5.75 Å². The van der Waals surface area contributed by atoms with Gasteiger partial charge < -0.3 is 15.8 Å². The van der Waals surface area contributed by atoms with Crippen LogP contribution < -0.4 is 15.8 Å². The number of hydrogen-bond acceptors (Lipinski definition) is 3. The van der Waals surface area contributed by atoms with Gasteiger partial charge in [-0.05, 0) is 43.5 Å². The average Bonchev–Trinajstić information content (AvgIpc) is 2.37. The van der Waals surface area contributed by atoms with Crippen LogP contribution >= 0.6 is 24.0 Å². The van der Waals surface area contributed by atoms with Crippen LogP contribution in [0.3, 0.4) is 0 Å². The summed E-state index contributed by atoms with van der Waals surface area (Å²) in [5.41, 5.74) is 6.21. The predicted octanol–water partition coefficient (Wildman–Crippen LogP) is 2.94. The van der Waals surface area contributed by atoms with E-state index >= 15 is 0 Å². The van der Waals surface area contributed by atoms with Crippen molar-refractivity contribution in [1.29, 1.82) is 0 Å². The summed E-state index contributed by atoms with van der Waals surface area (Å²) in [6.07, 6.45) is 0. The molecule has 0 aromatic heterocycles. The molecule has 1 rings (SSSR count). The number of ether oxygens (including phenoxy) is 1. The number of rotatable bonds is 6. The van der Waals surface area contributed by atoms with Gasteiger partial charge in [0, 0.05) is 11.6 Å². The second-order valence-corrected chi connectivity index (χ2v) is 5.96. The van der Waals surface area contributed by atoms with Crippen LogP contribution in [0.4, 0.5) is 0 Å². The first-order chi connectivity index (χ1) is 9.28. The molecule has 0 heterocycles. The fourth-order valence-electron chi connectivity index (χ4n) is 1.70. The largest absolute Gasteiger partial charge is 0.484 e. The summed E-state index contributed by atoms with van der Waals surface area (Å²) in [4.78, 5) is 12.0. The molecule has 0 bridgehead atoms. The van der Waals surface area contributed by atoms with Crippen molar-refractivity contribution in [1.82, 2.24) is 5.32 Å². The number of nitrogens with two attached hydrogens (primary N) is 1. The van der Waals surface area contributed by atoms with Gasteiger partial charge in [0.2, 0.25) is 0 Å². The number of nitrogens with one attached hydrogen (secondary N) is 1. The van der Waals surface area contributed by atoms with Gasteiger partial charge in [-0.15, -0.1) is 12.4 Å². The minimum atomic E-state index is -0.421. The molecule has 1 aromatic carbocycles. The molecule has 1 amide bonds. The maximum atomic E-state index is 12.0. The van der Waals surface area contributed by atoms with Gasteiger partial charge in [-0.1, -0.05) is 25.4 Å². The molecule has 1 unspecified atom stereocenters.